The molecule has 0 amide bonds. The van der Waals surface area contributed by atoms with Crippen molar-refractivity contribution in [3.8, 4) is 0 Å². The first kappa shape index (κ1) is 14.7. The summed E-state index contributed by atoms with van der Waals surface area (Å²) in [5, 5.41) is 35.4. The molecule has 10 heteroatoms. The molecule has 1 aliphatic heterocycles. The van der Waals surface area contributed by atoms with Gasteiger partial charge in [-0.3, -0.25) is 4.79 Å². The predicted octanol–water partition coefficient (Wildman–Crippen LogP) is -1.48. The minimum atomic E-state index is -1.28. The van der Waals surface area contributed by atoms with E-state index in [1.807, 2.05) is 22.6 Å². The van der Waals surface area contributed by atoms with Crippen LogP contribution in [-0.4, -0.2) is 55.0 Å². The maximum absolute atomic E-state index is 12.0. The lowest BCUT2D eigenvalue weighted by molar-refractivity contribution is -0.0507. The normalized spacial score (nSPS) is 29.3. The van der Waals surface area contributed by atoms with Gasteiger partial charge in [0.15, 0.2) is 12.0 Å². The number of fused-ring (bicyclic) bond motifs is 1. The van der Waals surface area contributed by atoms with Crippen molar-refractivity contribution in [1.82, 2.24) is 14.8 Å². The molecule has 114 valence electrons. The first-order valence-corrected chi connectivity index (χ1v) is 7.20. The smallest absolute Gasteiger partial charge is 0.288 e. The van der Waals surface area contributed by atoms with E-state index in [0.717, 1.165) is 0 Å². The number of aliphatic hydroxyl groups is 3. The fourth-order valence-corrected chi connectivity index (χ4v) is 3.33. The van der Waals surface area contributed by atoms with Crippen molar-refractivity contribution in [2.45, 2.75) is 24.5 Å². The number of nitrogens with zero attached hydrogens (tertiary/aromatic N) is 2. The largest absolute Gasteiger partial charge is 0.394 e. The summed E-state index contributed by atoms with van der Waals surface area (Å²) in [7, 11) is 0. The first-order chi connectivity index (χ1) is 9.95. The van der Waals surface area contributed by atoms with Crippen molar-refractivity contribution in [1.29, 1.82) is 0 Å². The second kappa shape index (κ2) is 5.21. The third-order valence-corrected chi connectivity index (χ3v) is 4.34. The van der Waals surface area contributed by atoms with Gasteiger partial charge in [0.2, 0.25) is 0 Å². The number of nitrogens with one attached hydrogen (secondary N) is 1. The Balaban J connectivity index is 2.18. The Morgan fingerprint density at radius 1 is 1.48 bits per heavy atom. The average Bonchev–Trinajstić information content (AvgIpc) is 2.94. The van der Waals surface area contributed by atoms with Gasteiger partial charge in [-0.1, -0.05) is 0 Å². The number of hydrogen-bond acceptors (Lipinski definition) is 7. The van der Waals surface area contributed by atoms with E-state index in [2.05, 4.69) is 10.2 Å². The molecule has 0 saturated carbocycles. The highest BCUT2D eigenvalue weighted by molar-refractivity contribution is 14.1. The number of rotatable bonds is 2. The van der Waals surface area contributed by atoms with E-state index in [-0.39, 0.29) is 11.3 Å². The third-order valence-electron chi connectivity index (χ3n) is 3.53. The lowest BCUT2D eigenvalue weighted by atomic mass is 10.1. The maximum atomic E-state index is 12.0. The third kappa shape index (κ3) is 2.14. The maximum Gasteiger partial charge on any atom is 0.288 e. The number of anilines is 1. The summed E-state index contributed by atoms with van der Waals surface area (Å²) in [5.41, 5.74) is 5.47. The fourth-order valence-electron chi connectivity index (χ4n) is 2.50. The highest BCUT2D eigenvalue weighted by Crippen LogP contribution is 2.34. The van der Waals surface area contributed by atoms with Crippen LogP contribution in [0.25, 0.3) is 10.9 Å². The molecule has 0 unspecified atom stereocenters. The number of aromatic amines is 1. The Morgan fingerprint density at radius 2 is 2.19 bits per heavy atom. The number of aliphatic hydroxyl groups excluding tert-OH is 3. The molecular weight excluding hydrogens is 395 g/mol. The SMILES string of the molecule is Nc1n[nH]c(=O)c2c1c(I)cn2[C@@H]1O[C@H](CO)[C@@H](O)[C@H]1O. The van der Waals surface area contributed by atoms with Crippen molar-refractivity contribution >= 4 is 39.3 Å². The van der Waals surface area contributed by atoms with Crippen LogP contribution in [0.3, 0.4) is 0 Å². The Bertz CT molecular complexity index is 744. The van der Waals surface area contributed by atoms with Gasteiger partial charge < -0.3 is 30.4 Å². The summed E-state index contributed by atoms with van der Waals surface area (Å²) in [4.78, 5) is 12.0. The van der Waals surface area contributed by atoms with Crippen LogP contribution < -0.4 is 11.3 Å². The molecule has 1 aliphatic rings. The van der Waals surface area contributed by atoms with Crippen molar-refractivity contribution in [2.24, 2.45) is 0 Å². The fraction of sp³-hybridized carbons (Fsp3) is 0.455. The highest BCUT2D eigenvalue weighted by atomic mass is 127. The molecule has 3 heterocycles. The summed E-state index contributed by atoms with van der Waals surface area (Å²) in [6, 6.07) is 0. The molecule has 1 saturated heterocycles. The number of hydrogen-bond donors (Lipinski definition) is 5. The zero-order valence-corrected chi connectivity index (χ0v) is 12.8. The zero-order chi connectivity index (χ0) is 15.3. The van der Waals surface area contributed by atoms with E-state index in [1.165, 1.54) is 4.57 Å². The molecule has 0 aromatic carbocycles. The second-order valence-corrected chi connectivity index (χ2v) is 5.94. The lowest BCUT2D eigenvalue weighted by Gasteiger charge is -2.17. The van der Waals surface area contributed by atoms with Crippen LogP contribution in [0, 0.1) is 3.57 Å². The highest BCUT2D eigenvalue weighted by Gasteiger charge is 2.44. The topological polar surface area (TPSA) is 147 Å². The van der Waals surface area contributed by atoms with Crippen LogP contribution in [0.5, 0.6) is 0 Å². The van der Waals surface area contributed by atoms with Crippen molar-refractivity contribution < 1.29 is 20.1 Å². The van der Waals surface area contributed by atoms with Gasteiger partial charge in [0.1, 0.15) is 23.8 Å². The summed E-state index contributed by atoms with van der Waals surface area (Å²) in [6.07, 6.45) is -2.85. The Hall–Kier alpha value is -1.21. The number of H-pyrrole nitrogens is 1. The molecule has 0 aliphatic carbocycles. The molecule has 6 N–H and O–H groups in total. The van der Waals surface area contributed by atoms with Gasteiger partial charge in [-0.25, -0.2) is 5.10 Å². The molecular formula is C11H13IN4O5. The lowest BCUT2D eigenvalue weighted by Crippen LogP contribution is -2.33. The van der Waals surface area contributed by atoms with Gasteiger partial charge >= 0.3 is 0 Å². The van der Waals surface area contributed by atoms with Gasteiger partial charge in [-0.15, -0.1) is 0 Å². The predicted molar refractivity (Wildman–Crippen MR) is 80.5 cm³/mol. The standard InChI is InChI=1S/C11H13IN4O5/c12-3-1-16(6-5(3)9(13)14-15-10(6)20)11-8(19)7(18)4(2-17)21-11/h1,4,7-8,11,17-19H,2H2,(H2,13,14)(H,15,20)/t4-,7-,8-,11-/m1/s1. The molecule has 2 aromatic heterocycles. The summed E-state index contributed by atoms with van der Waals surface area (Å²) in [6.45, 7) is -0.439. The van der Waals surface area contributed by atoms with E-state index >= 15 is 0 Å². The molecule has 9 nitrogen and oxygen atoms in total. The van der Waals surface area contributed by atoms with Crippen LogP contribution in [0.1, 0.15) is 6.23 Å². The van der Waals surface area contributed by atoms with Crippen LogP contribution in [0.15, 0.2) is 11.0 Å². The van der Waals surface area contributed by atoms with Crippen molar-refractivity contribution in [3.05, 3.63) is 20.1 Å². The van der Waals surface area contributed by atoms with Crippen LogP contribution in [0.4, 0.5) is 5.82 Å². The van der Waals surface area contributed by atoms with E-state index < -0.39 is 36.7 Å². The van der Waals surface area contributed by atoms with Gasteiger partial charge in [0.05, 0.1) is 12.0 Å². The van der Waals surface area contributed by atoms with Crippen molar-refractivity contribution in [2.75, 3.05) is 12.3 Å². The van der Waals surface area contributed by atoms with E-state index in [0.29, 0.717) is 8.96 Å². The summed E-state index contributed by atoms with van der Waals surface area (Å²) in [5.74, 6) is 0.152. The Morgan fingerprint density at radius 3 is 2.81 bits per heavy atom. The molecule has 3 rings (SSSR count). The Kier molecular flexibility index (Phi) is 3.65. The summed E-state index contributed by atoms with van der Waals surface area (Å²) >= 11 is 1.99. The molecule has 0 radical (unpaired) electrons. The number of halogens is 1. The monoisotopic (exact) mass is 408 g/mol. The van der Waals surface area contributed by atoms with Gasteiger partial charge in [0, 0.05) is 9.77 Å². The molecule has 4 atom stereocenters. The number of ether oxygens (including phenoxy) is 1. The molecule has 0 bridgehead atoms. The average molecular weight is 408 g/mol. The van der Waals surface area contributed by atoms with Crippen LogP contribution in [0.2, 0.25) is 0 Å². The van der Waals surface area contributed by atoms with E-state index in [4.69, 9.17) is 15.6 Å². The number of nitrogen functional groups attached to an aromatic ring is 1. The quantitative estimate of drug-likeness (QED) is 0.381. The second-order valence-electron chi connectivity index (χ2n) is 4.77. The van der Waals surface area contributed by atoms with Gasteiger partial charge in [-0.05, 0) is 22.6 Å². The molecule has 1 fully saturated rings. The molecule has 0 spiro atoms. The summed E-state index contributed by atoms with van der Waals surface area (Å²) < 4.78 is 7.50. The Labute approximate surface area is 131 Å². The van der Waals surface area contributed by atoms with Crippen LogP contribution >= 0.6 is 22.6 Å². The zero-order valence-electron chi connectivity index (χ0n) is 10.6. The number of nitrogens with two attached hydrogens (primary N) is 1. The number of aromatic nitrogens is 3. The minimum absolute atomic E-state index is 0.152. The first-order valence-electron chi connectivity index (χ1n) is 6.12. The molecule has 21 heavy (non-hydrogen) atoms. The van der Waals surface area contributed by atoms with Crippen molar-refractivity contribution in [3.63, 3.8) is 0 Å². The van der Waals surface area contributed by atoms with Gasteiger partial charge in [-0.2, -0.15) is 5.10 Å². The van der Waals surface area contributed by atoms with Gasteiger partial charge in [0.25, 0.3) is 5.56 Å². The molecule has 2 aromatic rings. The van der Waals surface area contributed by atoms with Crippen LogP contribution in [-0.2, 0) is 4.74 Å². The minimum Gasteiger partial charge on any atom is -0.394 e. The van der Waals surface area contributed by atoms with E-state index in [9.17, 15) is 15.0 Å². The van der Waals surface area contributed by atoms with E-state index in [1.54, 1.807) is 6.20 Å².